The number of aliphatic hydroxyl groups excluding tert-OH is 1. The van der Waals surface area contributed by atoms with Crippen molar-refractivity contribution in [3.63, 3.8) is 0 Å². The zero-order valence-electron chi connectivity index (χ0n) is 10.4. The lowest BCUT2D eigenvalue weighted by Gasteiger charge is -2.13. The van der Waals surface area contributed by atoms with Crippen molar-refractivity contribution in [2.24, 2.45) is 5.73 Å². The molecule has 104 valence electrons. The van der Waals surface area contributed by atoms with Gasteiger partial charge < -0.3 is 21.1 Å². The van der Waals surface area contributed by atoms with Crippen molar-refractivity contribution in [3.8, 4) is 0 Å². The third kappa shape index (κ3) is 4.69. The molecule has 6 heteroatoms. The number of carboxylic acid groups (broad SMARTS) is 2. The van der Waals surface area contributed by atoms with Crippen LogP contribution in [0.3, 0.4) is 0 Å². The fraction of sp³-hybridized carbons (Fsp3) is 0.385. The molecular formula is C13H17NO5. The summed E-state index contributed by atoms with van der Waals surface area (Å²) in [6.07, 6.45) is 0.384. The molecule has 0 spiro atoms. The van der Waals surface area contributed by atoms with Crippen LogP contribution in [0, 0.1) is 0 Å². The van der Waals surface area contributed by atoms with E-state index in [1.807, 2.05) is 0 Å². The standard InChI is InChI=1S/C13H17NO5/c14-11(13(18)19)6-10-5-8(7-15)1-2-9(10)3-4-12(16)17/h1-2,5,11,15H,3-4,6-7,14H2,(H,16,17)(H,18,19)/t11-/m0/s1. The van der Waals surface area contributed by atoms with E-state index < -0.39 is 18.0 Å². The smallest absolute Gasteiger partial charge is 0.320 e. The van der Waals surface area contributed by atoms with Crippen LogP contribution in [0.5, 0.6) is 0 Å². The normalized spacial score (nSPS) is 12.1. The van der Waals surface area contributed by atoms with Gasteiger partial charge in [0.1, 0.15) is 6.04 Å². The van der Waals surface area contributed by atoms with Crippen LogP contribution in [-0.4, -0.2) is 33.3 Å². The molecule has 0 saturated heterocycles. The van der Waals surface area contributed by atoms with Crippen LogP contribution in [0.2, 0.25) is 0 Å². The van der Waals surface area contributed by atoms with Crippen LogP contribution in [-0.2, 0) is 29.0 Å². The van der Waals surface area contributed by atoms with Crippen molar-refractivity contribution in [3.05, 3.63) is 34.9 Å². The summed E-state index contributed by atoms with van der Waals surface area (Å²) in [7, 11) is 0. The van der Waals surface area contributed by atoms with Crippen LogP contribution in [0.1, 0.15) is 23.1 Å². The van der Waals surface area contributed by atoms with Gasteiger partial charge in [0.25, 0.3) is 0 Å². The quantitative estimate of drug-likeness (QED) is 0.558. The van der Waals surface area contributed by atoms with Gasteiger partial charge in [0.05, 0.1) is 6.61 Å². The Kier molecular flexibility index (Phi) is 5.47. The van der Waals surface area contributed by atoms with Gasteiger partial charge >= 0.3 is 11.9 Å². The number of benzene rings is 1. The Balaban J connectivity index is 2.94. The van der Waals surface area contributed by atoms with Gasteiger partial charge in [-0.1, -0.05) is 18.2 Å². The Labute approximate surface area is 110 Å². The molecule has 0 aliphatic heterocycles. The number of rotatable bonds is 7. The van der Waals surface area contributed by atoms with E-state index in [0.717, 1.165) is 5.56 Å². The molecule has 0 aromatic heterocycles. The molecule has 6 nitrogen and oxygen atoms in total. The lowest BCUT2D eigenvalue weighted by Crippen LogP contribution is -2.32. The highest BCUT2D eigenvalue weighted by Gasteiger charge is 2.15. The van der Waals surface area contributed by atoms with Crippen LogP contribution in [0.25, 0.3) is 0 Å². The fourth-order valence-electron chi connectivity index (χ4n) is 1.78. The summed E-state index contributed by atoms with van der Waals surface area (Å²) in [6, 6.07) is 4.02. The van der Waals surface area contributed by atoms with Gasteiger partial charge in [-0.05, 0) is 29.5 Å². The maximum atomic E-state index is 10.8. The van der Waals surface area contributed by atoms with Gasteiger partial charge in [-0.2, -0.15) is 0 Å². The molecule has 0 radical (unpaired) electrons. The van der Waals surface area contributed by atoms with E-state index in [2.05, 4.69) is 0 Å². The van der Waals surface area contributed by atoms with Crippen molar-refractivity contribution in [1.82, 2.24) is 0 Å². The number of carboxylic acids is 2. The minimum Gasteiger partial charge on any atom is -0.481 e. The predicted molar refractivity (Wildman–Crippen MR) is 67.6 cm³/mol. The second-order valence-electron chi connectivity index (χ2n) is 4.30. The minimum absolute atomic E-state index is 0.0339. The van der Waals surface area contributed by atoms with Crippen molar-refractivity contribution >= 4 is 11.9 Å². The summed E-state index contributed by atoms with van der Waals surface area (Å²) in [5, 5.41) is 26.6. The molecule has 0 heterocycles. The van der Waals surface area contributed by atoms with Crippen LogP contribution in [0.4, 0.5) is 0 Å². The summed E-state index contributed by atoms with van der Waals surface area (Å²) in [5.41, 5.74) is 7.55. The van der Waals surface area contributed by atoms with Gasteiger partial charge in [0.2, 0.25) is 0 Å². The third-order valence-corrected chi connectivity index (χ3v) is 2.82. The van der Waals surface area contributed by atoms with E-state index in [4.69, 9.17) is 21.1 Å². The molecule has 19 heavy (non-hydrogen) atoms. The summed E-state index contributed by atoms with van der Waals surface area (Å²) in [5.74, 6) is -2.03. The van der Waals surface area contributed by atoms with Crippen molar-refractivity contribution in [2.45, 2.75) is 31.9 Å². The number of aliphatic carboxylic acids is 2. The molecule has 1 rings (SSSR count). The SMILES string of the molecule is N[C@@H](Cc1cc(CO)ccc1CCC(=O)O)C(=O)O. The summed E-state index contributed by atoms with van der Waals surface area (Å²) < 4.78 is 0. The number of hydrogen-bond acceptors (Lipinski definition) is 4. The second-order valence-corrected chi connectivity index (χ2v) is 4.30. The zero-order valence-corrected chi connectivity index (χ0v) is 10.4. The molecule has 0 saturated carbocycles. The van der Waals surface area contributed by atoms with Crippen LogP contribution in [0.15, 0.2) is 18.2 Å². The average Bonchev–Trinajstić information content (AvgIpc) is 2.36. The number of aliphatic hydroxyl groups is 1. The van der Waals surface area contributed by atoms with Gasteiger partial charge in [0.15, 0.2) is 0 Å². The number of nitrogens with two attached hydrogens (primary N) is 1. The first-order chi connectivity index (χ1) is 8.93. The fourth-order valence-corrected chi connectivity index (χ4v) is 1.78. The molecule has 0 fully saturated rings. The first kappa shape index (κ1) is 15.1. The summed E-state index contributed by atoms with van der Waals surface area (Å²) in [4.78, 5) is 21.3. The predicted octanol–water partition coefficient (Wildman–Crippen LogP) is 0.150. The Morgan fingerprint density at radius 1 is 1.21 bits per heavy atom. The van der Waals surface area contributed by atoms with Crippen molar-refractivity contribution in [2.75, 3.05) is 0 Å². The van der Waals surface area contributed by atoms with E-state index in [9.17, 15) is 9.59 Å². The van der Waals surface area contributed by atoms with E-state index in [1.54, 1.807) is 18.2 Å². The maximum Gasteiger partial charge on any atom is 0.320 e. The Morgan fingerprint density at radius 2 is 1.89 bits per heavy atom. The molecular weight excluding hydrogens is 250 g/mol. The molecule has 1 aromatic rings. The highest BCUT2D eigenvalue weighted by molar-refractivity contribution is 5.73. The summed E-state index contributed by atoms with van der Waals surface area (Å²) in [6.45, 7) is -0.158. The first-order valence-electron chi connectivity index (χ1n) is 5.85. The van der Waals surface area contributed by atoms with E-state index in [1.165, 1.54) is 0 Å². The highest BCUT2D eigenvalue weighted by atomic mass is 16.4. The average molecular weight is 267 g/mol. The Hall–Kier alpha value is -1.92. The first-order valence-corrected chi connectivity index (χ1v) is 5.85. The van der Waals surface area contributed by atoms with Gasteiger partial charge in [-0.3, -0.25) is 9.59 Å². The minimum atomic E-state index is -1.11. The Morgan fingerprint density at radius 3 is 2.42 bits per heavy atom. The van der Waals surface area contributed by atoms with Crippen LogP contribution >= 0.6 is 0 Å². The van der Waals surface area contributed by atoms with E-state index in [-0.39, 0.29) is 19.4 Å². The lowest BCUT2D eigenvalue weighted by molar-refractivity contribution is -0.139. The lowest BCUT2D eigenvalue weighted by atomic mass is 9.95. The van der Waals surface area contributed by atoms with Crippen molar-refractivity contribution < 1.29 is 24.9 Å². The number of aryl methyl sites for hydroxylation is 1. The molecule has 1 atom stereocenters. The number of hydrogen-bond donors (Lipinski definition) is 4. The van der Waals surface area contributed by atoms with Gasteiger partial charge in [0, 0.05) is 6.42 Å². The Bertz CT molecular complexity index is 472. The molecule has 0 amide bonds. The maximum absolute atomic E-state index is 10.8. The molecule has 0 aliphatic rings. The number of carbonyl (C=O) groups is 2. The molecule has 0 aliphatic carbocycles. The van der Waals surface area contributed by atoms with Crippen LogP contribution < -0.4 is 5.73 Å². The topological polar surface area (TPSA) is 121 Å². The second kappa shape index (κ2) is 6.86. The summed E-state index contributed by atoms with van der Waals surface area (Å²) >= 11 is 0. The molecule has 0 unspecified atom stereocenters. The third-order valence-electron chi connectivity index (χ3n) is 2.82. The van der Waals surface area contributed by atoms with Gasteiger partial charge in [-0.15, -0.1) is 0 Å². The largest absolute Gasteiger partial charge is 0.481 e. The molecule has 5 N–H and O–H groups in total. The van der Waals surface area contributed by atoms with Gasteiger partial charge in [-0.25, -0.2) is 0 Å². The van der Waals surface area contributed by atoms with E-state index >= 15 is 0 Å². The van der Waals surface area contributed by atoms with E-state index in [0.29, 0.717) is 17.5 Å². The molecule has 1 aromatic carbocycles. The zero-order chi connectivity index (χ0) is 14.4. The van der Waals surface area contributed by atoms with Crippen molar-refractivity contribution in [1.29, 1.82) is 0 Å². The molecule has 0 bridgehead atoms. The highest BCUT2D eigenvalue weighted by Crippen LogP contribution is 2.16. The monoisotopic (exact) mass is 267 g/mol.